The SMILES string of the molecule is CCC(C)CCC1CCC(CCC2(OC(F)(F)F)C=CC(c3ccccc3)=C(F)C2F)CC1. The van der Waals surface area contributed by atoms with Gasteiger partial charge in [0.25, 0.3) is 0 Å². The Morgan fingerprint density at radius 2 is 1.64 bits per heavy atom. The zero-order chi connectivity index (χ0) is 24.1. The van der Waals surface area contributed by atoms with Gasteiger partial charge in [0, 0.05) is 5.57 Å². The van der Waals surface area contributed by atoms with Crippen molar-refractivity contribution in [1.82, 2.24) is 0 Å². The first kappa shape index (κ1) is 25.9. The van der Waals surface area contributed by atoms with Crippen molar-refractivity contribution in [3.63, 3.8) is 0 Å². The molecule has 1 nitrogen and oxygen atoms in total. The van der Waals surface area contributed by atoms with Gasteiger partial charge in [-0.05, 0) is 42.2 Å². The number of hydrogen-bond donors (Lipinski definition) is 0. The van der Waals surface area contributed by atoms with Crippen molar-refractivity contribution in [2.24, 2.45) is 17.8 Å². The summed E-state index contributed by atoms with van der Waals surface area (Å²) in [5, 5.41) is 0. The monoisotopic (exact) mass is 470 g/mol. The molecule has 6 heteroatoms. The first-order valence-electron chi connectivity index (χ1n) is 12.2. The van der Waals surface area contributed by atoms with Crippen molar-refractivity contribution in [3.8, 4) is 0 Å². The van der Waals surface area contributed by atoms with Crippen LogP contribution in [0.1, 0.15) is 77.2 Å². The third kappa shape index (κ3) is 6.91. The van der Waals surface area contributed by atoms with Gasteiger partial charge in [-0.2, -0.15) is 0 Å². The van der Waals surface area contributed by atoms with E-state index in [2.05, 4.69) is 18.6 Å². The summed E-state index contributed by atoms with van der Waals surface area (Å²) in [4.78, 5) is 0. The van der Waals surface area contributed by atoms with Crippen LogP contribution in [0.5, 0.6) is 0 Å². The molecular formula is C27H35F5O. The van der Waals surface area contributed by atoms with E-state index in [9.17, 15) is 17.6 Å². The molecule has 2 aliphatic carbocycles. The van der Waals surface area contributed by atoms with Gasteiger partial charge in [0.2, 0.25) is 0 Å². The molecule has 0 amide bonds. The highest BCUT2D eigenvalue weighted by atomic mass is 19.4. The van der Waals surface area contributed by atoms with Crippen molar-refractivity contribution >= 4 is 5.57 Å². The lowest BCUT2D eigenvalue weighted by Gasteiger charge is -2.38. The molecule has 184 valence electrons. The van der Waals surface area contributed by atoms with E-state index in [0.717, 1.165) is 31.8 Å². The molecule has 0 aromatic heterocycles. The van der Waals surface area contributed by atoms with Crippen LogP contribution in [0.15, 0.2) is 48.3 Å². The average Bonchev–Trinajstić information content (AvgIpc) is 2.80. The minimum absolute atomic E-state index is 0.0358. The van der Waals surface area contributed by atoms with E-state index in [1.54, 1.807) is 30.3 Å². The van der Waals surface area contributed by atoms with Crippen LogP contribution in [0.25, 0.3) is 5.57 Å². The first-order chi connectivity index (χ1) is 15.6. The van der Waals surface area contributed by atoms with E-state index in [-0.39, 0.29) is 17.9 Å². The highest BCUT2D eigenvalue weighted by molar-refractivity contribution is 5.78. The maximum absolute atomic E-state index is 15.3. The third-order valence-corrected chi connectivity index (χ3v) is 7.51. The lowest BCUT2D eigenvalue weighted by molar-refractivity contribution is -0.366. The maximum atomic E-state index is 15.3. The second kappa shape index (κ2) is 11.2. The lowest BCUT2D eigenvalue weighted by Crippen LogP contribution is -2.47. The topological polar surface area (TPSA) is 9.23 Å². The molecular weight excluding hydrogens is 435 g/mol. The summed E-state index contributed by atoms with van der Waals surface area (Å²) >= 11 is 0. The molecule has 0 heterocycles. The van der Waals surface area contributed by atoms with E-state index in [0.29, 0.717) is 23.8 Å². The van der Waals surface area contributed by atoms with Crippen molar-refractivity contribution in [1.29, 1.82) is 0 Å². The molecule has 1 aromatic carbocycles. The largest absolute Gasteiger partial charge is 0.523 e. The Morgan fingerprint density at radius 3 is 2.21 bits per heavy atom. The van der Waals surface area contributed by atoms with Gasteiger partial charge in [0.1, 0.15) is 11.4 Å². The molecule has 0 N–H and O–H groups in total. The predicted octanol–water partition coefficient (Wildman–Crippen LogP) is 8.96. The van der Waals surface area contributed by atoms with E-state index in [4.69, 9.17) is 0 Å². The normalized spacial score (nSPS) is 29.4. The number of halogens is 5. The summed E-state index contributed by atoms with van der Waals surface area (Å²) in [6, 6.07) is 8.28. The van der Waals surface area contributed by atoms with Crippen LogP contribution in [0, 0.1) is 17.8 Å². The van der Waals surface area contributed by atoms with Gasteiger partial charge < -0.3 is 0 Å². The maximum Gasteiger partial charge on any atom is 0.523 e. The highest BCUT2D eigenvalue weighted by Crippen LogP contribution is 2.45. The summed E-state index contributed by atoms with van der Waals surface area (Å²) in [6.45, 7) is 4.45. The zero-order valence-electron chi connectivity index (χ0n) is 19.5. The summed E-state index contributed by atoms with van der Waals surface area (Å²) in [7, 11) is 0. The fourth-order valence-corrected chi connectivity index (χ4v) is 5.12. The molecule has 1 saturated carbocycles. The van der Waals surface area contributed by atoms with Gasteiger partial charge in [-0.15, -0.1) is 13.2 Å². The van der Waals surface area contributed by atoms with Crippen LogP contribution in [-0.2, 0) is 4.74 Å². The van der Waals surface area contributed by atoms with Crippen LogP contribution in [0.3, 0.4) is 0 Å². The van der Waals surface area contributed by atoms with Crippen LogP contribution >= 0.6 is 0 Å². The number of allylic oxidation sites excluding steroid dienone is 2. The Morgan fingerprint density at radius 1 is 1.03 bits per heavy atom. The van der Waals surface area contributed by atoms with Crippen molar-refractivity contribution in [2.45, 2.75) is 89.8 Å². The molecule has 0 radical (unpaired) electrons. The minimum Gasteiger partial charge on any atom is -0.277 e. The molecule has 0 bridgehead atoms. The standard InChI is InChI=1S/C27H35F5O/c1-3-19(2)9-10-20-11-13-21(14-12-20)15-17-26(33-27(30,31)32)18-16-23(24(28)25(26)29)22-7-5-4-6-8-22/h4-8,16,18-21,25H,3,9-15,17H2,1-2H3. The van der Waals surface area contributed by atoms with Gasteiger partial charge in [0.05, 0.1) is 0 Å². The molecule has 0 aliphatic heterocycles. The Balaban J connectivity index is 1.66. The number of alkyl halides is 4. The van der Waals surface area contributed by atoms with Crippen LogP contribution in [0.4, 0.5) is 22.0 Å². The number of rotatable bonds is 9. The second-order valence-electron chi connectivity index (χ2n) is 9.84. The van der Waals surface area contributed by atoms with Crippen molar-refractivity contribution in [3.05, 3.63) is 53.9 Å². The molecule has 1 aromatic rings. The summed E-state index contributed by atoms with van der Waals surface area (Å²) < 4.78 is 74.3. The molecule has 2 aliphatic rings. The third-order valence-electron chi connectivity index (χ3n) is 7.51. The van der Waals surface area contributed by atoms with E-state index < -0.39 is 24.0 Å². The summed E-state index contributed by atoms with van der Waals surface area (Å²) in [5.74, 6) is 0.377. The van der Waals surface area contributed by atoms with Crippen LogP contribution in [0.2, 0.25) is 0 Å². The number of hydrogen-bond acceptors (Lipinski definition) is 1. The Bertz CT molecular complexity index is 808. The molecule has 0 saturated heterocycles. The van der Waals surface area contributed by atoms with Crippen LogP contribution in [-0.4, -0.2) is 18.1 Å². The minimum atomic E-state index is -5.06. The van der Waals surface area contributed by atoms with Crippen LogP contribution < -0.4 is 0 Å². The van der Waals surface area contributed by atoms with Crippen molar-refractivity contribution in [2.75, 3.05) is 0 Å². The summed E-state index contributed by atoms with van der Waals surface area (Å²) in [5.41, 5.74) is -1.98. The van der Waals surface area contributed by atoms with Crippen molar-refractivity contribution < 1.29 is 26.7 Å². The van der Waals surface area contributed by atoms with Gasteiger partial charge in [-0.25, -0.2) is 8.78 Å². The zero-order valence-corrected chi connectivity index (χ0v) is 19.5. The fourth-order valence-electron chi connectivity index (χ4n) is 5.12. The molecule has 3 rings (SSSR count). The summed E-state index contributed by atoms with van der Waals surface area (Å²) in [6.07, 6.45) is 2.42. The van der Waals surface area contributed by atoms with Gasteiger partial charge >= 0.3 is 6.36 Å². The fraction of sp³-hybridized carbons (Fsp3) is 0.630. The lowest BCUT2D eigenvalue weighted by atomic mass is 9.75. The molecule has 1 fully saturated rings. The van der Waals surface area contributed by atoms with Gasteiger partial charge in [-0.1, -0.05) is 95.2 Å². The molecule has 3 atom stereocenters. The molecule has 33 heavy (non-hydrogen) atoms. The quantitative estimate of drug-likeness (QED) is 0.327. The Hall–Kier alpha value is -1.69. The van der Waals surface area contributed by atoms with E-state index >= 15 is 4.39 Å². The van der Waals surface area contributed by atoms with E-state index in [1.165, 1.54) is 25.3 Å². The Labute approximate surface area is 194 Å². The Kier molecular flexibility index (Phi) is 8.76. The van der Waals surface area contributed by atoms with E-state index in [1.807, 2.05) is 0 Å². The average molecular weight is 471 g/mol. The molecule has 0 spiro atoms. The highest BCUT2D eigenvalue weighted by Gasteiger charge is 2.51. The number of benzene rings is 1. The van der Waals surface area contributed by atoms with Gasteiger partial charge in [-0.3, -0.25) is 4.74 Å². The first-order valence-corrected chi connectivity index (χ1v) is 12.2. The molecule has 3 unspecified atom stereocenters. The number of ether oxygens (including phenoxy) is 1. The van der Waals surface area contributed by atoms with Gasteiger partial charge in [0.15, 0.2) is 6.17 Å². The predicted molar refractivity (Wildman–Crippen MR) is 122 cm³/mol. The smallest absolute Gasteiger partial charge is 0.277 e. The second-order valence-corrected chi connectivity index (χ2v) is 9.84.